The van der Waals surface area contributed by atoms with Crippen LogP contribution in [0.25, 0.3) is 6.08 Å². The van der Waals surface area contributed by atoms with Crippen molar-refractivity contribution in [1.82, 2.24) is 0 Å². The average Bonchev–Trinajstić information content (AvgIpc) is 2.69. The number of rotatable bonds is 11. The molecule has 0 aliphatic carbocycles. The van der Waals surface area contributed by atoms with Crippen molar-refractivity contribution in [3.05, 3.63) is 66.0 Å². The monoisotopic (exact) mass is 352 g/mol. The molecule has 3 nitrogen and oxygen atoms in total. The summed E-state index contributed by atoms with van der Waals surface area (Å²) in [5.41, 5.74) is 1.67. The zero-order valence-corrected chi connectivity index (χ0v) is 16.0. The van der Waals surface area contributed by atoms with Gasteiger partial charge < -0.3 is 4.74 Å². The molecule has 0 saturated carbocycles. The summed E-state index contributed by atoms with van der Waals surface area (Å²) in [4.78, 5) is 12.3. The SMILES string of the molecule is CCCCCCCC[n+]1cccc(/C=C/C(=O)c2cccc(OC)c2)c1. The van der Waals surface area contributed by atoms with Crippen molar-refractivity contribution < 1.29 is 14.1 Å². The Balaban J connectivity index is 1.88. The molecule has 0 atom stereocenters. The van der Waals surface area contributed by atoms with Crippen LogP contribution in [0.4, 0.5) is 0 Å². The quantitative estimate of drug-likeness (QED) is 0.240. The Hall–Kier alpha value is -2.42. The van der Waals surface area contributed by atoms with Gasteiger partial charge in [0.25, 0.3) is 0 Å². The number of methoxy groups -OCH3 is 1. The lowest BCUT2D eigenvalue weighted by Gasteiger charge is -2.01. The van der Waals surface area contributed by atoms with E-state index < -0.39 is 0 Å². The molecule has 0 N–H and O–H groups in total. The van der Waals surface area contributed by atoms with Crippen molar-refractivity contribution in [1.29, 1.82) is 0 Å². The third-order valence-corrected chi connectivity index (χ3v) is 4.43. The molecule has 1 aromatic carbocycles. The molecule has 1 aromatic heterocycles. The number of carbonyl (C=O) groups excluding carboxylic acids is 1. The zero-order chi connectivity index (χ0) is 18.6. The molecule has 26 heavy (non-hydrogen) atoms. The van der Waals surface area contributed by atoms with Crippen molar-refractivity contribution in [2.45, 2.75) is 52.0 Å². The smallest absolute Gasteiger partial charge is 0.185 e. The largest absolute Gasteiger partial charge is 0.497 e. The highest BCUT2D eigenvalue weighted by Gasteiger charge is 2.05. The average molecular weight is 352 g/mol. The molecule has 0 amide bonds. The summed E-state index contributed by atoms with van der Waals surface area (Å²) in [7, 11) is 1.60. The van der Waals surface area contributed by atoms with Gasteiger partial charge in [0.1, 0.15) is 12.3 Å². The number of carbonyl (C=O) groups is 1. The van der Waals surface area contributed by atoms with Crippen molar-refractivity contribution in [2.24, 2.45) is 0 Å². The van der Waals surface area contributed by atoms with E-state index in [2.05, 4.69) is 23.9 Å². The molecule has 0 spiro atoms. The summed E-state index contributed by atoms with van der Waals surface area (Å²) in [5, 5.41) is 0. The minimum atomic E-state index is -0.0183. The summed E-state index contributed by atoms with van der Waals surface area (Å²) in [6, 6.07) is 11.3. The standard InChI is InChI=1S/C23H30NO2/c1-3-4-5-6-7-8-16-24-17-10-11-20(19-24)14-15-23(25)21-12-9-13-22(18-21)26-2/h9-15,17-19H,3-8,16H2,1-2H3/q+1/b15-14+. The highest BCUT2D eigenvalue weighted by molar-refractivity contribution is 6.07. The third kappa shape index (κ3) is 6.83. The predicted molar refractivity (Wildman–Crippen MR) is 106 cm³/mol. The second-order valence-corrected chi connectivity index (χ2v) is 6.57. The molecule has 3 heteroatoms. The van der Waals surface area contributed by atoms with E-state index in [0.29, 0.717) is 11.3 Å². The summed E-state index contributed by atoms with van der Waals surface area (Å²) in [5.74, 6) is 0.677. The number of ketones is 1. The van der Waals surface area contributed by atoms with E-state index in [1.165, 1.54) is 38.5 Å². The number of allylic oxidation sites excluding steroid dienone is 1. The Bertz CT molecular complexity index is 722. The highest BCUT2D eigenvalue weighted by atomic mass is 16.5. The first-order valence-corrected chi connectivity index (χ1v) is 9.58. The van der Waals surface area contributed by atoms with Gasteiger partial charge in [0.05, 0.1) is 7.11 Å². The number of benzene rings is 1. The second kappa shape index (κ2) is 11.2. The minimum Gasteiger partial charge on any atom is -0.497 e. The molecule has 2 aromatic rings. The van der Waals surface area contributed by atoms with Gasteiger partial charge in [-0.3, -0.25) is 4.79 Å². The maximum Gasteiger partial charge on any atom is 0.185 e. The molecule has 0 aliphatic heterocycles. The van der Waals surface area contributed by atoms with Gasteiger partial charge in [0.15, 0.2) is 18.2 Å². The normalized spacial score (nSPS) is 11.0. The highest BCUT2D eigenvalue weighted by Crippen LogP contribution is 2.14. The van der Waals surface area contributed by atoms with Gasteiger partial charge in [-0.05, 0) is 36.8 Å². The molecular weight excluding hydrogens is 322 g/mol. The Labute approximate surface area is 157 Å². The predicted octanol–water partition coefficient (Wildman–Crippen LogP) is 5.24. The third-order valence-electron chi connectivity index (χ3n) is 4.43. The number of aryl methyl sites for hydroxylation is 1. The van der Waals surface area contributed by atoms with Gasteiger partial charge in [-0.15, -0.1) is 0 Å². The fraction of sp³-hybridized carbons (Fsp3) is 0.391. The molecule has 138 valence electrons. The van der Waals surface area contributed by atoms with E-state index in [4.69, 9.17) is 4.74 Å². The van der Waals surface area contributed by atoms with E-state index in [-0.39, 0.29) is 5.78 Å². The Morgan fingerprint density at radius 3 is 2.69 bits per heavy atom. The lowest BCUT2D eigenvalue weighted by atomic mass is 10.1. The number of unbranched alkanes of at least 4 members (excludes halogenated alkanes) is 5. The molecule has 0 fully saturated rings. The number of hydrogen-bond acceptors (Lipinski definition) is 2. The van der Waals surface area contributed by atoms with Crippen LogP contribution in [-0.4, -0.2) is 12.9 Å². The molecular formula is C23H30NO2+. The Kier molecular flexibility index (Phi) is 8.61. The van der Waals surface area contributed by atoms with E-state index in [0.717, 1.165) is 12.1 Å². The van der Waals surface area contributed by atoms with Gasteiger partial charge >= 0.3 is 0 Å². The van der Waals surface area contributed by atoms with Crippen LogP contribution >= 0.6 is 0 Å². The zero-order valence-electron chi connectivity index (χ0n) is 16.0. The molecule has 0 unspecified atom stereocenters. The first-order valence-electron chi connectivity index (χ1n) is 9.58. The maximum absolute atomic E-state index is 12.3. The number of aromatic nitrogens is 1. The fourth-order valence-corrected chi connectivity index (χ4v) is 2.90. The van der Waals surface area contributed by atoms with Crippen molar-refractivity contribution >= 4 is 11.9 Å². The molecule has 0 saturated heterocycles. The second-order valence-electron chi connectivity index (χ2n) is 6.57. The van der Waals surface area contributed by atoms with Crippen LogP contribution < -0.4 is 9.30 Å². The van der Waals surface area contributed by atoms with Crippen molar-refractivity contribution in [2.75, 3.05) is 7.11 Å². The van der Waals surface area contributed by atoms with Crippen LogP contribution in [0, 0.1) is 0 Å². The molecule has 1 heterocycles. The molecule has 0 radical (unpaired) electrons. The first-order chi connectivity index (χ1) is 12.7. The lowest BCUT2D eigenvalue weighted by Crippen LogP contribution is -2.32. The summed E-state index contributed by atoms with van der Waals surface area (Å²) >= 11 is 0. The minimum absolute atomic E-state index is 0.0183. The fourth-order valence-electron chi connectivity index (χ4n) is 2.90. The van der Waals surface area contributed by atoms with Crippen LogP contribution in [0.2, 0.25) is 0 Å². The van der Waals surface area contributed by atoms with Gasteiger partial charge in [-0.2, -0.15) is 0 Å². The topological polar surface area (TPSA) is 30.2 Å². The lowest BCUT2D eigenvalue weighted by molar-refractivity contribution is -0.697. The number of hydrogen-bond donors (Lipinski definition) is 0. The molecule has 0 bridgehead atoms. The van der Waals surface area contributed by atoms with E-state index >= 15 is 0 Å². The maximum atomic E-state index is 12.3. The van der Waals surface area contributed by atoms with E-state index in [9.17, 15) is 4.79 Å². The van der Waals surface area contributed by atoms with Gasteiger partial charge in [0.2, 0.25) is 0 Å². The number of nitrogens with zero attached hydrogens (tertiary/aromatic N) is 1. The van der Waals surface area contributed by atoms with Crippen LogP contribution in [-0.2, 0) is 6.54 Å². The number of pyridine rings is 1. The van der Waals surface area contributed by atoms with Crippen LogP contribution in [0.1, 0.15) is 61.4 Å². The van der Waals surface area contributed by atoms with Crippen LogP contribution in [0.3, 0.4) is 0 Å². The summed E-state index contributed by atoms with van der Waals surface area (Å²) in [6.07, 6.45) is 15.5. The Morgan fingerprint density at radius 2 is 1.88 bits per heavy atom. The van der Waals surface area contributed by atoms with Crippen LogP contribution in [0.5, 0.6) is 5.75 Å². The van der Waals surface area contributed by atoms with E-state index in [1.54, 1.807) is 25.3 Å². The van der Waals surface area contributed by atoms with Gasteiger partial charge in [-0.25, -0.2) is 4.57 Å². The van der Waals surface area contributed by atoms with Gasteiger partial charge in [0, 0.05) is 23.6 Å². The summed E-state index contributed by atoms with van der Waals surface area (Å²) in [6.45, 7) is 3.27. The van der Waals surface area contributed by atoms with Crippen molar-refractivity contribution in [3.63, 3.8) is 0 Å². The Morgan fingerprint density at radius 1 is 1.08 bits per heavy atom. The molecule has 2 rings (SSSR count). The number of ether oxygens (including phenoxy) is 1. The van der Waals surface area contributed by atoms with Gasteiger partial charge in [-0.1, -0.05) is 44.7 Å². The van der Waals surface area contributed by atoms with E-state index in [1.807, 2.05) is 30.3 Å². The van der Waals surface area contributed by atoms with Crippen molar-refractivity contribution in [3.8, 4) is 5.75 Å². The first kappa shape index (κ1) is 19.9. The summed E-state index contributed by atoms with van der Waals surface area (Å²) < 4.78 is 7.38. The molecule has 0 aliphatic rings. The van der Waals surface area contributed by atoms with Crippen LogP contribution in [0.15, 0.2) is 54.9 Å².